The van der Waals surface area contributed by atoms with Crippen molar-refractivity contribution in [3.05, 3.63) is 69.7 Å². The van der Waals surface area contributed by atoms with Crippen molar-refractivity contribution in [2.75, 3.05) is 39.5 Å². The number of hydrogen-bond donors (Lipinski definition) is 3. The number of hydrogen-bond acceptors (Lipinski definition) is 12. The molecule has 2 aromatic carbocycles. The summed E-state index contributed by atoms with van der Waals surface area (Å²) in [5, 5.41) is 23.0. The summed E-state index contributed by atoms with van der Waals surface area (Å²) in [5.41, 5.74) is 0.361. The van der Waals surface area contributed by atoms with Gasteiger partial charge in [0.25, 0.3) is 0 Å². The van der Waals surface area contributed by atoms with Gasteiger partial charge in [0.1, 0.15) is 16.8 Å². The monoisotopic (exact) mass is 800 g/mol. The van der Waals surface area contributed by atoms with Crippen molar-refractivity contribution in [1.82, 2.24) is 10.2 Å². The predicted octanol–water partition coefficient (Wildman–Crippen LogP) is 6.98. The average molecular weight is 802 g/mol. The fourth-order valence-corrected chi connectivity index (χ4v) is 5.16. The SMILES string of the molecule is CC(C)(C)OC(=O)N1C[C@H](CO)OC[C@@H]1Cc1ccc(Cl)cc1.CC(C)(C)OC(=O)OC(=O)OC(C)(C)C.OC[C@H]1CN[C@@H](Cc2ccc(Cl)cc2)CO1. The first-order chi connectivity index (χ1) is 25.1. The Balaban J connectivity index is 0.000000290. The highest BCUT2D eigenvalue weighted by Gasteiger charge is 2.35. The lowest BCUT2D eigenvalue weighted by molar-refractivity contribution is -0.0843. The molecule has 2 aliphatic heterocycles. The molecule has 4 rings (SSSR count). The third-order valence-electron chi connectivity index (χ3n) is 7.29. The maximum atomic E-state index is 12.5. The Kier molecular flexibility index (Phi) is 19.0. The molecule has 3 N–H and O–H groups in total. The third kappa shape index (κ3) is 19.9. The molecule has 2 fully saturated rings. The molecule has 13 nitrogen and oxygen atoms in total. The Morgan fingerprint density at radius 3 is 1.56 bits per heavy atom. The summed E-state index contributed by atoms with van der Waals surface area (Å²) in [6, 6.07) is 15.6. The van der Waals surface area contributed by atoms with E-state index in [4.69, 9.17) is 52.0 Å². The van der Waals surface area contributed by atoms with Gasteiger partial charge in [-0.05, 0) is 111 Å². The van der Waals surface area contributed by atoms with E-state index in [9.17, 15) is 19.5 Å². The predicted molar refractivity (Wildman–Crippen MR) is 206 cm³/mol. The van der Waals surface area contributed by atoms with Crippen LogP contribution in [0.2, 0.25) is 10.0 Å². The molecule has 304 valence electrons. The van der Waals surface area contributed by atoms with Crippen LogP contribution in [0.4, 0.5) is 14.4 Å². The van der Waals surface area contributed by atoms with Crippen molar-refractivity contribution in [1.29, 1.82) is 0 Å². The second-order valence-corrected chi connectivity index (χ2v) is 16.7. The molecule has 2 aliphatic rings. The van der Waals surface area contributed by atoms with E-state index in [2.05, 4.69) is 10.1 Å². The summed E-state index contributed by atoms with van der Waals surface area (Å²) in [7, 11) is 0. The lowest BCUT2D eigenvalue weighted by Gasteiger charge is -2.39. The largest absolute Gasteiger partial charge is 0.519 e. The standard InChI is InChI=1S/C17H24ClNO4.C12H16ClNO2.C10H18O5/c1-17(2,3)23-16(21)19-9-15(10-20)22-11-14(19)8-12-4-6-13(18)7-5-12;13-10-3-1-9(2-4-10)5-11-8-16-12(7-15)6-14-11;1-9(2,3)14-7(11)13-8(12)15-10(4,5)6/h4-7,14-15,20H,8-11H2,1-3H3;1-4,11-12,14-15H,5-8H2;1-6H3/t14-,15+;11-,12+;/m00./s1. The summed E-state index contributed by atoms with van der Waals surface area (Å²) in [6.07, 6.45) is -1.35. The number of rotatable bonds is 6. The van der Waals surface area contributed by atoms with E-state index >= 15 is 0 Å². The number of benzene rings is 2. The van der Waals surface area contributed by atoms with Gasteiger partial charge in [-0.15, -0.1) is 0 Å². The van der Waals surface area contributed by atoms with Gasteiger partial charge in [-0.1, -0.05) is 47.5 Å². The van der Waals surface area contributed by atoms with E-state index in [0.29, 0.717) is 37.2 Å². The topological polar surface area (TPSA) is 162 Å². The molecule has 0 saturated carbocycles. The molecule has 54 heavy (non-hydrogen) atoms. The number of aliphatic hydroxyl groups is 2. The quantitative estimate of drug-likeness (QED) is 0.156. The van der Waals surface area contributed by atoms with Crippen molar-refractivity contribution >= 4 is 41.6 Å². The summed E-state index contributed by atoms with van der Waals surface area (Å²) >= 11 is 11.7. The van der Waals surface area contributed by atoms with Gasteiger partial charge in [0.15, 0.2) is 0 Å². The fourth-order valence-electron chi connectivity index (χ4n) is 4.91. The van der Waals surface area contributed by atoms with Crippen LogP contribution in [-0.4, -0.2) is 114 Å². The normalized spacial score (nSPS) is 20.3. The van der Waals surface area contributed by atoms with Crippen LogP contribution in [0.3, 0.4) is 0 Å². The highest BCUT2D eigenvalue weighted by molar-refractivity contribution is 6.30. The van der Waals surface area contributed by atoms with Gasteiger partial charge in [-0.25, -0.2) is 14.4 Å². The van der Waals surface area contributed by atoms with E-state index in [0.717, 1.165) is 23.6 Å². The summed E-state index contributed by atoms with van der Waals surface area (Å²) in [4.78, 5) is 36.2. The molecule has 0 unspecified atom stereocenters. The van der Waals surface area contributed by atoms with Crippen molar-refractivity contribution in [2.45, 2.75) is 116 Å². The molecule has 4 atom stereocenters. The fraction of sp³-hybridized carbons (Fsp3) is 0.615. The van der Waals surface area contributed by atoms with E-state index in [1.54, 1.807) is 46.4 Å². The van der Waals surface area contributed by atoms with Crippen LogP contribution < -0.4 is 5.32 Å². The molecule has 15 heteroatoms. The third-order valence-corrected chi connectivity index (χ3v) is 7.80. The molecule has 2 heterocycles. The summed E-state index contributed by atoms with van der Waals surface area (Å²) in [5.74, 6) is 0. The maximum absolute atomic E-state index is 12.5. The average Bonchev–Trinajstić information content (AvgIpc) is 3.05. The summed E-state index contributed by atoms with van der Waals surface area (Å²) in [6.45, 7) is 17.5. The maximum Gasteiger partial charge on any atom is 0.519 e. The van der Waals surface area contributed by atoms with E-state index < -0.39 is 29.1 Å². The molecule has 0 spiro atoms. The van der Waals surface area contributed by atoms with Gasteiger partial charge in [0.05, 0.1) is 51.2 Å². The van der Waals surface area contributed by atoms with Gasteiger partial charge in [-0.2, -0.15) is 0 Å². The number of amides is 1. The smallest absolute Gasteiger partial charge is 0.444 e. The van der Waals surface area contributed by atoms with Crippen LogP contribution >= 0.6 is 23.2 Å². The first kappa shape index (κ1) is 47.0. The van der Waals surface area contributed by atoms with Crippen LogP contribution in [0.15, 0.2) is 48.5 Å². The van der Waals surface area contributed by atoms with Crippen LogP contribution in [0.1, 0.15) is 73.4 Å². The Hall–Kier alpha value is -3.17. The number of carbonyl (C=O) groups excluding carboxylic acids is 3. The molecule has 0 aromatic heterocycles. The minimum atomic E-state index is -1.06. The second-order valence-electron chi connectivity index (χ2n) is 15.9. The molecular weight excluding hydrogens is 743 g/mol. The van der Waals surface area contributed by atoms with Crippen molar-refractivity contribution < 1.29 is 53.0 Å². The van der Waals surface area contributed by atoms with Gasteiger partial charge >= 0.3 is 18.4 Å². The van der Waals surface area contributed by atoms with Crippen molar-refractivity contribution in [3.63, 3.8) is 0 Å². The number of halogens is 2. The van der Waals surface area contributed by atoms with Crippen molar-refractivity contribution in [2.24, 2.45) is 0 Å². The first-order valence-electron chi connectivity index (χ1n) is 17.9. The Morgan fingerprint density at radius 1 is 0.704 bits per heavy atom. The zero-order valence-corrected chi connectivity index (χ0v) is 34.4. The Bertz CT molecular complexity index is 1400. The van der Waals surface area contributed by atoms with Crippen LogP contribution in [0.25, 0.3) is 0 Å². The molecule has 1 amide bonds. The molecule has 0 radical (unpaired) electrons. The number of carbonyl (C=O) groups is 3. The minimum Gasteiger partial charge on any atom is -0.444 e. The van der Waals surface area contributed by atoms with Gasteiger partial charge in [-0.3, -0.25) is 4.90 Å². The van der Waals surface area contributed by atoms with Crippen LogP contribution in [0.5, 0.6) is 0 Å². The number of ether oxygens (including phenoxy) is 6. The van der Waals surface area contributed by atoms with Crippen LogP contribution in [-0.2, 0) is 41.3 Å². The molecule has 2 saturated heterocycles. The highest BCUT2D eigenvalue weighted by atomic mass is 35.5. The Morgan fingerprint density at radius 2 is 1.15 bits per heavy atom. The number of morpholine rings is 2. The van der Waals surface area contributed by atoms with Crippen molar-refractivity contribution in [3.8, 4) is 0 Å². The van der Waals surface area contributed by atoms with Gasteiger partial charge in [0, 0.05) is 22.6 Å². The number of nitrogens with one attached hydrogen (secondary N) is 1. The lowest BCUT2D eigenvalue weighted by atomic mass is 10.0. The lowest BCUT2D eigenvalue weighted by Crippen LogP contribution is -2.55. The first-order valence-corrected chi connectivity index (χ1v) is 18.6. The zero-order valence-electron chi connectivity index (χ0n) is 32.9. The molecular formula is C39H58Cl2N2O11. The number of nitrogens with zero attached hydrogens (tertiary/aromatic N) is 1. The molecule has 0 bridgehead atoms. The van der Waals surface area contributed by atoms with Crippen LogP contribution in [0, 0.1) is 0 Å². The molecule has 0 aliphatic carbocycles. The van der Waals surface area contributed by atoms with Gasteiger partial charge in [0.2, 0.25) is 0 Å². The Labute approximate surface area is 329 Å². The van der Waals surface area contributed by atoms with E-state index in [1.165, 1.54) is 5.56 Å². The van der Waals surface area contributed by atoms with E-state index in [1.807, 2.05) is 69.3 Å². The summed E-state index contributed by atoms with van der Waals surface area (Å²) < 4.78 is 30.4. The minimum absolute atomic E-state index is 0.0542. The molecule has 2 aromatic rings. The zero-order chi connectivity index (χ0) is 40.7. The number of aliphatic hydroxyl groups excluding tert-OH is 2. The van der Waals surface area contributed by atoms with E-state index in [-0.39, 0.29) is 37.6 Å². The second kappa shape index (κ2) is 21.8. The van der Waals surface area contributed by atoms with Gasteiger partial charge < -0.3 is 44.0 Å². The highest BCUT2D eigenvalue weighted by Crippen LogP contribution is 2.21.